The zero-order chi connectivity index (χ0) is 12.0. The van der Waals surface area contributed by atoms with E-state index in [4.69, 9.17) is 4.74 Å². The van der Waals surface area contributed by atoms with Crippen LogP contribution < -0.4 is 5.32 Å². The number of nitro groups is 1. The lowest BCUT2D eigenvalue weighted by atomic mass is 10.3. The van der Waals surface area contributed by atoms with E-state index in [2.05, 4.69) is 21.2 Å². The molecule has 1 aromatic carbocycles. The molecule has 86 valence electrons. The van der Waals surface area contributed by atoms with E-state index in [9.17, 15) is 14.9 Å². The molecule has 0 aliphatic rings. The molecule has 0 aliphatic heterocycles. The Kier molecular flexibility index (Phi) is 4.71. The van der Waals surface area contributed by atoms with Gasteiger partial charge in [0, 0.05) is 23.2 Å². The highest BCUT2D eigenvalue weighted by atomic mass is 79.9. The fraction of sp³-hybridized carbons (Fsp3) is 0.222. The first-order valence-corrected chi connectivity index (χ1v) is 5.50. The second kappa shape index (κ2) is 6.06. The molecule has 0 bridgehead atoms. The summed E-state index contributed by atoms with van der Waals surface area (Å²) in [5, 5.41) is 13.4. The molecule has 1 aromatic rings. The zero-order valence-electron chi connectivity index (χ0n) is 8.18. The number of carbonyl (C=O) groups excluding carboxylic acids is 1. The topological polar surface area (TPSA) is 81.5 Å². The van der Waals surface area contributed by atoms with Gasteiger partial charge in [0.1, 0.15) is 6.61 Å². The van der Waals surface area contributed by atoms with Crippen LogP contribution in [0.5, 0.6) is 0 Å². The molecule has 0 fully saturated rings. The average Bonchev–Trinajstić information content (AvgIpc) is 2.27. The predicted molar refractivity (Wildman–Crippen MR) is 61.9 cm³/mol. The first kappa shape index (κ1) is 12.4. The number of hydrogen-bond acceptors (Lipinski definition) is 4. The second-order valence-corrected chi connectivity index (χ2v) is 3.55. The van der Waals surface area contributed by atoms with Crippen molar-refractivity contribution in [2.75, 3.05) is 17.3 Å². The highest BCUT2D eigenvalue weighted by Crippen LogP contribution is 2.15. The van der Waals surface area contributed by atoms with Crippen molar-refractivity contribution in [3.63, 3.8) is 0 Å². The van der Waals surface area contributed by atoms with Gasteiger partial charge in [-0.15, -0.1) is 0 Å². The van der Waals surface area contributed by atoms with Gasteiger partial charge in [-0.25, -0.2) is 4.79 Å². The summed E-state index contributed by atoms with van der Waals surface area (Å²) in [4.78, 5) is 21.0. The van der Waals surface area contributed by atoms with Crippen molar-refractivity contribution in [2.45, 2.75) is 0 Å². The first-order valence-electron chi connectivity index (χ1n) is 4.37. The molecule has 7 heteroatoms. The standard InChI is InChI=1S/C9H9BrN2O4/c10-5-6-16-9(13)11-7-1-3-8(4-2-7)12(14)15/h1-4H,5-6H2,(H,11,13). The molecule has 0 atom stereocenters. The maximum atomic E-state index is 11.1. The summed E-state index contributed by atoms with van der Waals surface area (Å²) >= 11 is 3.11. The molecule has 1 N–H and O–H groups in total. The van der Waals surface area contributed by atoms with E-state index in [1.807, 2.05) is 0 Å². The molecule has 0 heterocycles. The SMILES string of the molecule is O=C(Nc1ccc([N+](=O)[O-])cc1)OCCBr. The molecule has 0 aliphatic carbocycles. The van der Waals surface area contributed by atoms with Crippen LogP contribution in [0.3, 0.4) is 0 Å². The molecule has 0 radical (unpaired) electrons. The fourth-order valence-electron chi connectivity index (χ4n) is 0.952. The van der Waals surface area contributed by atoms with Crippen molar-refractivity contribution in [1.29, 1.82) is 0 Å². The van der Waals surface area contributed by atoms with Gasteiger partial charge in [0.05, 0.1) is 4.92 Å². The second-order valence-electron chi connectivity index (χ2n) is 2.75. The van der Waals surface area contributed by atoms with E-state index in [1.54, 1.807) is 0 Å². The van der Waals surface area contributed by atoms with E-state index >= 15 is 0 Å². The van der Waals surface area contributed by atoms with Gasteiger partial charge >= 0.3 is 6.09 Å². The number of nitrogens with zero attached hydrogens (tertiary/aromatic N) is 1. The lowest BCUT2D eigenvalue weighted by molar-refractivity contribution is -0.384. The van der Waals surface area contributed by atoms with Crippen molar-refractivity contribution in [2.24, 2.45) is 0 Å². The fourth-order valence-corrected chi connectivity index (χ4v) is 1.11. The molecular formula is C9H9BrN2O4. The number of carbonyl (C=O) groups is 1. The summed E-state index contributed by atoms with van der Waals surface area (Å²) in [6.45, 7) is 0.263. The highest BCUT2D eigenvalue weighted by Gasteiger charge is 2.06. The number of anilines is 1. The Morgan fingerprint density at radius 1 is 1.44 bits per heavy atom. The number of rotatable bonds is 4. The largest absolute Gasteiger partial charge is 0.448 e. The Morgan fingerprint density at radius 2 is 2.06 bits per heavy atom. The van der Waals surface area contributed by atoms with Gasteiger partial charge in [0.15, 0.2) is 0 Å². The number of benzene rings is 1. The van der Waals surface area contributed by atoms with Crippen LogP contribution in [0.15, 0.2) is 24.3 Å². The monoisotopic (exact) mass is 288 g/mol. The van der Waals surface area contributed by atoms with Crippen LogP contribution in [-0.4, -0.2) is 23.0 Å². The van der Waals surface area contributed by atoms with Gasteiger partial charge < -0.3 is 4.74 Å². The number of halogens is 1. The van der Waals surface area contributed by atoms with Crippen LogP contribution in [0.4, 0.5) is 16.2 Å². The minimum absolute atomic E-state index is 0.0284. The number of ether oxygens (including phenoxy) is 1. The van der Waals surface area contributed by atoms with E-state index in [0.717, 1.165) is 0 Å². The zero-order valence-corrected chi connectivity index (χ0v) is 9.77. The number of alkyl halides is 1. The molecule has 0 spiro atoms. The van der Waals surface area contributed by atoms with Crippen molar-refractivity contribution >= 4 is 33.4 Å². The number of amides is 1. The third-order valence-electron chi connectivity index (χ3n) is 1.63. The quantitative estimate of drug-likeness (QED) is 0.524. The van der Waals surface area contributed by atoms with Crippen molar-refractivity contribution in [3.8, 4) is 0 Å². The van der Waals surface area contributed by atoms with E-state index < -0.39 is 11.0 Å². The molecule has 0 aromatic heterocycles. The van der Waals surface area contributed by atoms with Crippen LogP contribution in [0.1, 0.15) is 0 Å². The Morgan fingerprint density at radius 3 is 2.56 bits per heavy atom. The number of nitro benzene ring substituents is 1. The molecule has 0 unspecified atom stereocenters. The maximum Gasteiger partial charge on any atom is 0.411 e. The van der Waals surface area contributed by atoms with Crippen LogP contribution in [0, 0.1) is 10.1 Å². The van der Waals surface area contributed by atoms with Crippen molar-refractivity contribution < 1.29 is 14.5 Å². The molecule has 16 heavy (non-hydrogen) atoms. The van der Waals surface area contributed by atoms with Gasteiger partial charge in [-0.2, -0.15) is 0 Å². The summed E-state index contributed by atoms with van der Waals surface area (Å²) in [6.07, 6.45) is -0.590. The Labute approximate surface area is 99.9 Å². The number of hydrogen-bond donors (Lipinski definition) is 1. The van der Waals surface area contributed by atoms with Crippen LogP contribution in [0.2, 0.25) is 0 Å². The number of nitrogens with one attached hydrogen (secondary N) is 1. The van der Waals surface area contributed by atoms with Gasteiger partial charge in [-0.05, 0) is 12.1 Å². The first-order chi connectivity index (χ1) is 7.63. The summed E-state index contributed by atoms with van der Waals surface area (Å²) in [6, 6.07) is 5.49. The summed E-state index contributed by atoms with van der Waals surface area (Å²) in [5.41, 5.74) is 0.421. The maximum absolute atomic E-state index is 11.1. The van der Waals surface area contributed by atoms with Gasteiger partial charge in [-0.1, -0.05) is 15.9 Å². The normalized spacial score (nSPS) is 9.56. The van der Waals surface area contributed by atoms with Crippen LogP contribution in [-0.2, 0) is 4.74 Å². The van der Waals surface area contributed by atoms with Crippen LogP contribution in [0.25, 0.3) is 0 Å². The lowest BCUT2D eigenvalue weighted by Crippen LogP contribution is -2.14. The van der Waals surface area contributed by atoms with E-state index in [0.29, 0.717) is 11.0 Å². The molecule has 6 nitrogen and oxygen atoms in total. The van der Waals surface area contributed by atoms with E-state index in [1.165, 1.54) is 24.3 Å². The third-order valence-corrected chi connectivity index (χ3v) is 1.96. The Bertz CT molecular complexity index is 380. The number of non-ortho nitro benzene ring substituents is 1. The molecule has 1 amide bonds. The molecular weight excluding hydrogens is 280 g/mol. The van der Waals surface area contributed by atoms with Crippen LogP contribution >= 0.6 is 15.9 Å². The van der Waals surface area contributed by atoms with Gasteiger partial charge in [0.25, 0.3) is 5.69 Å². The molecule has 0 saturated heterocycles. The molecule has 1 rings (SSSR count). The lowest BCUT2D eigenvalue weighted by Gasteiger charge is -2.04. The minimum Gasteiger partial charge on any atom is -0.448 e. The van der Waals surface area contributed by atoms with Gasteiger partial charge in [-0.3, -0.25) is 15.4 Å². The molecule has 0 saturated carbocycles. The highest BCUT2D eigenvalue weighted by molar-refractivity contribution is 9.09. The van der Waals surface area contributed by atoms with Crippen molar-refractivity contribution in [3.05, 3.63) is 34.4 Å². The smallest absolute Gasteiger partial charge is 0.411 e. The van der Waals surface area contributed by atoms with Crippen molar-refractivity contribution in [1.82, 2.24) is 0 Å². The van der Waals surface area contributed by atoms with E-state index in [-0.39, 0.29) is 12.3 Å². The minimum atomic E-state index is -0.590. The Balaban J connectivity index is 2.55. The average molecular weight is 289 g/mol. The predicted octanol–water partition coefficient (Wildman–Crippen LogP) is 2.54. The van der Waals surface area contributed by atoms with Gasteiger partial charge in [0.2, 0.25) is 0 Å². The summed E-state index contributed by atoms with van der Waals surface area (Å²) in [5.74, 6) is 0. The summed E-state index contributed by atoms with van der Waals surface area (Å²) in [7, 11) is 0. The Hall–Kier alpha value is -1.63. The third kappa shape index (κ3) is 3.85. The summed E-state index contributed by atoms with van der Waals surface area (Å²) < 4.78 is 4.74.